The fourth-order valence-electron chi connectivity index (χ4n) is 4.18. The molecule has 0 aliphatic rings. The van der Waals surface area contributed by atoms with Gasteiger partial charge in [-0.25, -0.2) is 0 Å². The molecular formula is C26H39O2PSi. The van der Waals surface area contributed by atoms with E-state index >= 15 is 0 Å². The molecule has 2 aromatic rings. The summed E-state index contributed by atoms with van der Waals surface area (Å²) >= 11 is 0. The third-order valence-electron chi connectivity index (χ3n) is 6.68. The Bertz CT molecular complexity index is 773. The Balaban J connectivity index is 2.38. The third-order valence-corrected chi connectivity index (χ3v) is 14.4. The largest absolute Gasteiger partial charge is 0.408 e. The van der Waals surface area contributed by atoms with E-state index in [1.54, 1.807) is 0 Å². The molecule has 0 atom stereocenters. The van der Waals surface area contributed by atoms with E-state index < -0.39 is 15.5 Å². The van der Waals surface area contributed by atoms with Crippen molar-refractivity contribution < 1.29 is 8.99 Å². The minimum atomic E-state index is -2.73. The number of hydrogen-bond acceptors (Lipinski definition) is 2. The molecule has 2 rings (SSSR count). The van der Waals surface area contributed by atoms with Crippen molar-refractivity contribution in [3.8, 4) is 0 Å². The first-order chi connectivity index (χ1) is 14.4. The van der Waals surface area contributed by atoms with Gasteiger partial charge < -0.3 is 8.99 Å². The lowest BCUT2D eigenvalue weighted by atomic mass is 9.97. The highest BCUT2D eigenvalue weighted by Crippen LogP contribution is 2.44. The number of allylic oxidation sites excluding steroid dienone is 1. The first-order valence-corrected chi connectivity index (χ1v) is 15.9. The highest BCUT2D eigenvalue weighted by atomic mass is 31.2. The molecule has 2 nitrogen and oxygen atoms in total. The summed E-state index contributed by atoms with van der Waals surface area (Å²) in [6, 6.07) is 23.3. The highest BCUT2D eigenvalue weighted by Gasteiger charge is 2.37. The summed E-state index contributed by atoms with van der Waals surface area (Å²) in [5, 5.41) is 1.83. The molecule has 0 spiro atoms. The normalized spacial score (nSPS) is 13.1. The van der Waals surface area contributed by atoms with Gasteiger partial charge >= 0.3 is 0 Å². The van der Waals surface area contributed by atoms with Crippen LogP contribution in [0, 0.1) is 0 Å². The van der Waals surface area contributed by atoms with E-state index in [4.69, 9.17) is 4.43 Å². The van der Waals surface area contributed by atoms with Crippen LogP contribution in [-0.4, -0.2) is 20.1 Å². The molecule has 0 radical (unpaired) electrons. The van der Waals surface area contributed by atoms with Crippen LogP contribution in [0.4, 0.5) is 0 Å². The van der Waals surface area contributed by atoms with Crippen LogP contribution in [0.25, 0.3) is 0 Å². The molecule has 0 aliphatic heterocycles. The van der Waals surface area contributed by atoms with Crippen molar-refractivity contribution >= 4 is 26.1 Å². The molecule has 2 aromatic carbocycles. The van der Waals surface area contributed by atoms with E-state index in [0.717, 1.165) is 41.6 Å². The van der Waals surface area contributed by atoms with Crippen LogP contribution in [0.15, 0.2) is 72.8 Å². The lowest BCUT2D eigenvalue weighted by Crippen LogP contribution is -2.46. The molecule has 0 saturated carbocycles. The summed E-state index contributed by atoms with van der Waals surface area (Å²) in [4.78, 5) is 0. The van der Waals surface area contributed by atoms with Crippen molar-refractivity contribution in [2.24, 2.45) is 0 Å². The maximum Gasteiger partial charge on any atom is 0.193 e. The van der Waals surface area contributed by atoms with E-state index in [1.807, 2.05) is 60.7 Å². The second-order valence-electron chi connectivity index (χ2n) is 8.11. The molecule has 30 heavy (non-hydrogen) atoms. The van der Waals surface area contributed by atoms with Crippen LogP contribution >= 0.6 is 7.14 Å². The maximum atomic E-state index is 14.2. The molecule has 0 bridgehead atoms. The van der Waals surface area contributed by atoms with Crippen molar-refractivity contribution in [3.05, 3.63) is 72.8 Å². The average Bonchev–Trinajstić information content (AvgIpc) is 2.83. The number of hydrogen-bond donors (Lipinski definition) is 0. The molecule has 0 fully saturated rings. The van der Waals surface area contributed by atoms with Crippen LogP contribution in [0.3, 0.4) is 0 Å². The molecule has 0 aliphatic carbocycles. The van der Waals surface area contributed by atoms with Crippen molar-refractivity contribution in [2.75, 3.05) is 6.16 Å². The van der Waals surface area contributed by atoms with Crippen molar-refractivity contribution in [2.45, 2.75) is 71.2 Å². The van der Waals surface area contributed by atoms with E-state index in [2.05, 4.69) is 46.8 Å². The Kier molecular flexibility index (Phi) is 9.34. The summed E-state index contributed by atoms with van der Waals surface area (Å²) in [7, 11) is -4.47. The van der Waals surface area contributed by atoms with Crippen LogP contribution in [0.2, 0.25) is 18.1 Å². The minimum absolute atomic E-state index is 0.257. The molecule has 0 amide bonds. The monoisotopic (exact) mass is 442 g/mol. The van der Waals surface area contributed by atoms with E-state index in [0.29, 0.717) is 6.16 Å². The van der Waals surface area contributed by atoms with Gasteiger partial charge in [0.05, 0.1) is 5.60 Å². The molecule has 0 unspecified atom stereocenters. The summed E-state index contributed by atoms with van der Waals surface area (Å²) in [5.74, 6) is 0. The number of benzene rings is 2. The summed E-state index contributed by atoms with van der Waals surface area (Å²) in [5.41, 5.74) is -0.257. The molecule has 0 N–H and O–H groups in total. The Hall–Kier alpha value is -1.41. The van der Waals surface area contributed by atoms with Crippen molar-refractivity contribution in [1.29, 1.82) is 0 Å². The Labute approximate surface area is 185 Å². The quantitative estimate of drug-likeness (QED) is 0.198. The predicted octanol–water partition coefficient (Wildman–Crippen LogP) is 7.14. The molecule has 0 aromatic heterocycles. The van der Waals surface area contributed by atoms with Gasteiger partial charge in [-0.15, -0.1) is 0 Å². The second-order valence-corrected chi connectivity index (χ2v) is 15.7. The van der Waals surface area contributed by atoms with E-state index in [9.17, 15) is 4.57 Å². The second kappa shape index (κ2) is 11.3. The lowest BCUT2D eigenvalue weighted by Gasteiger charge is -2.40. The van der Waals surface area contributed by atoms with Crippen LogP contribution in [0.1, 0.15) is 47.5 Å². The summed E-state index contributed by atoms with van der Waals surface area (Å²) in [6.45, 7) is 11.2. The van der Waals surface area contributed by atoms with Crippen LogP contribution < -0.4 is 10.6 Å². The first kappa shape index (κ1) is 24.9. The molecule has 164 valence electrons. The molecule has 4 heteroatoms. The topological polar surface area (TPSA) is 26.3 Å². The van der Waals surface area contributed by atoms with Gasteiger partial charge in [-0.3, -0.25) is 0 Å². The fourth-order valence-corrected chi connectivity index (χ4v) is 9.76. The van der Waals surface area contributed by atoms with Gasteiger partial charge in [0.15, 0.2) is 8.32 Å². The molecular weight excluding hydrogens is 403 g/mol. The summed E-state index contributed by atoms with van der Waals surface area (Å²) in [6.07, 6.45) is 6.76. The van der Waals surface area contributed by atoms with Crippen LogP contribution in [0.5, 0.6) is 0 Å². The van der Waals surface area contributed by atoms with Gasteiger partial charge in [-0.2, -0.15) is 0 Å². The van der Waals surface area contributed by atoms with Gasteiger partial charge in [0.2, 0.25) is 0 Å². The van der Waals surface area contributed by atoms with E-state index in [1.165, 1.54) is 0 Å². The smallest absolute Gasteiger partial charge is 0.193 e. The van der Waals surface area contributed by atoms with Gasteiger partial charge in [0.1, 0.15) is 7.14 Å². The minimum Gasteiger partial charge on any atom is -0.408 e. The molecule has 0 saturated heterocycles. The maximum absolute atomic E-state index is 14.2. The molecule has 0 heterocycles. The van der Waals surface area contributed by atoms with Crippen LogP contribution in [-0.2, 0) is 8.99 Å². The van der Waals surface area contributed by atoms with Gasteiger partial charge in [-0.1, -0.05) is 107 Å². The zero-order chi connectivity index (χ0) is 22.1. The summed E-state index contributed by atoms with van der Waals surface area (Å²) < 4.78 is 21.2. The zero-order valence-electron chi connectivity index (χ0n) is 19.4. The Morgan fingerprint density at radius 2 is 1.23 bits per heavy atom. The number of rotatable bonds is 12. The predicted molar refractivity (Wildman–Crippen MR) is 135 cm³/mol. The third kappa shape index (κ3) is 5.63. The van der Waals surface area contributed by atoms with Crippen molar-refractivity contribution in [1.82, 2.24) is 0 Å². The van der Waals surface area contributed by atoms with E-state index in [-0.39, 0.29) is 5.60 Å². The Morgan fingerprint density at radius 1 is 0.800 bits per heavy atom. The lowest BCUT2D eigenvalue weighted by molar-refractivity contribution is 0.0971. The van der Waals surface area contributed by atoms with Gasteiger partial charge in [0.25, 0.3) is 0 Å². The Morgan fingerprint density at radius 3 is 1.60 bits per heavy atom. The zero-order valence-corrected chi connectivity index (χ0v) is 21.3. The fraction of sp³-hybridized carbons (Fsp3) is 0.462. The highest BCUT2D eigenvalue weighted by molar-refractivity contribution is 7.78. The standard InChI is InChI=1S/C26H39O2PSi/c1-6-26(7-2,28-30(8-3,9-4)10-5)22-17-23-29(27,24-18-13-11-14-19-24)25-20-15-12-16-21-25/h11-22H,6-10,23H2,1-5H3/b22-17+. The van der Waals surface area contributed by atoms with Crippen molar-refractivity contribution in [3.63, 3.8) is 0 Å². The SMILES string of the molecule is CCC(/C=C/CP(=O)(c1ccccc1)c1ccccc1)(CC)O[Si](CC)(CC)CC. The van der Waals surface area contributed by atoms with Gasteiger partial charge in [0, 0.05) is 16.8 Å². The van der Waals surface area contributed by atoms with Gasteiger partial charge in [-0.05, 0) is 31.0 Å². The average molecular weight is 443 g/mol. The first-order valence-electron chi connectivity index (χ1n) is 11.5.